The van der Waals surface area contributed by atoms with Gasteiger partial charge in [0.1, 0.15) is 5.69 Å². The molecule has 2 rings (SSSR count). The van der Waals surface area contributed by atoms with Gasteiger partial charge in [-0.2, -0.15) is 0 Å². The van der Waals surface area contributed by atoms with Gasteiger partial charge in [0.05, 0.1) is 6.42 Å². The Labute approximate surface area is 134 Å². The molecule has 3 nitrogen and oxygen atoms in total. The molecule has 0 radical (unpaired) electrons. The van der Waals surface area contributed by atoms with Crippen LogP contribution in [0.1, 0.15) is 16.7 Å². The fourth-order valence-corrected chi connectivity index (χ4v) is 1.99. The monoisotopic (exact) mass is 344 g/mol. The van der Waals surface area contributed by atoms with Crippen LogP contribution in [0.3, 0.4) is 0 Å². The molecular formula is C16H13F5N2O. The fourth-order valence-electron chi connectivity index (χ4n) is 1.99. The van der Waals surface area contributed by atoms with E-state index in [4.69, 9.17) is 0 Å². The number of hydrogen-bond acceptors (Lipinski definition) is 2. The van der Waals surface area contributed by atoms with Crippen LogP contribution in [-0.4, -0.2) is 5.91 Å². The van der Waals surface area contributed by atoms with E-state index in [-0.39, 0.29) is 6.42 Å². The quantitative estimate of drug-likeness (QED) is 0.384. The number of carbonyl (C=O) groups is 1. The fraction of sp³-hybridized carbons (Fsp3) is 0.188. The zero-order valence-corrected chi connectivity index (χ0v) is 12.7. The first-order chi connectivity index (χ1) is 11.2. The number of anilines is 1. The number of nitrogens with one attached hydrogen (secondary N) is 2. The minimum Gasteiger partial charge on any atom is -0.293 e. The molecule has 0 saturated heterocycles. The lowest BCUT2D eigenvalue weighted by Crippen LogP contribution is -2.32. The number of hydrogen-bond donors (Lipinski definition) is 2. The Balaban J connectivity index is 2.11. The van der Waals surface area contributed by atoms with Gasteiger partial charge in [0.25, 0.3) is 0 Å². The van der Waals surface area contributed by atoms with Crippen LogP contribution < -0.4 is 10.9 Å². The topological polar surface area (TPSA) is 41.1 Å². The Hall–Kier alpha value is -2.64. The molecule has 2 aromatic rings. The number of hydrazine groups is 1. The normalized spacial score (nSPS) is 10.6. The maximum Gasteiger partial charge on any atom is 0.242 e. The molecule has 0 aliphatic carbocycles. The summed E-state index contributed by atoms with van der Waals surface area (Å²) in [6.07, 6.45) is -0.135. The van der Waals surface area contributed by atoms with Gasteiger partial charge in [0, 0.05) is 0 Å². The summed E-state index contributed by atoms with van der Waals surface area (Å²) in [5, 5.41) is 0. The average Bonchev–Trinajstić information content (AvgIpc) is 2.54. The van der Waals surface area contributed by atoms with Gasteiger partial charge in [-0.3, -0.25) is 15.6 Å². The molecule has 0 aliphatic heterocycles. The van der Waals surface area contributed by atoms with Crippen LogP contribution in [0.4, 0.5) is 27.6 Å². The van der Waals surface area contributed by atoms with Gasteiger partial charge in [-0.1, -0.05) is 18.2 Å². The Morgan fingerprint density at radius 1 is 0.875 bits per heavy atom. The number of amides is 1. The molecule has 8 heteroatoms. The highest BCUT2D eigenvalue weighted by atomic mass is 19.2. The summed E-state index contributed by atoms with van der Waals surface area (Å²) in [5.41, 5.74) is 4.95. The second-order valence-corrected chi connectivity index (χ2v) is 5.21. The minimum absolute atomic E-state index is 0.135. The van der Waals surface area contributed by atoms with E-state index in [0.29, 0.717) is 5.56 Å². The molecule has 0 bridgehead atoms. The van der Waals surface area contributed by atoms with E-state index in [1.807, 2.05) is 19.3 Å². The maximum atomic E-state index is 13.4. The second kappa shape index (κ2) is 6.86. The molecule has 2 N–H and O–H groups in total. The first kappa shape index (κ1) is 17.7. The van der Waals surface area contributed by atoms with Crippen LogP contribution in [0.2, 0.25) is 0 Å². The first-order valence-electron chi connectivity index (χ1n) is 6.84. The first-order valence-corrected chi connectivity index (χ1v) is 6.84. The number of rotatable bonds is 4. The van der Waals surface area contributed by atoms with Crippen molar-refractivity contribution in [2.24, 2.45) is 0 Å². The van der Waals surface area contributed by atoms with Crippen molar-refractivity contribution in [1.29, 1.82) is 0 Å². The van der Waals surface area contributed by atoms with Gasteiger partial charge in [0.15, 0.2) is 23.3 Å². The Morgan fingerprint density at radius 2 is 1.42 bits per heavy atom. The van der Waals surface area contributed by atoms with Crippen molar-refractivity contribution < 1.29 is 26.7 Å². The Morgan fingerprint density at radius 3 is 1.96 bits per heavy atom. The Bertz CT molecular complexity index is 779. The van der Waals surface area contributed by atoms with Crippen molar-refractivity contribution in [3.8, 4) is 0 Å². The van der Waals surface area contributed by atoms with E-state index in [1.165, 1.54) is 0 Å². The van der Waals surface area contributed by atoms with E-state index in [9.17, 15) is 26.7 Å². The van der Waals surface area contributed by atoms with Gasteiger partial charge in [-0.25, -0.2) is 22.0 Å². The highest BCUT2D eigenvalue weighted by molar-refractivity contribution is 5.80. The third-order valence-electron chi connectivity index (χ3n) is 3.47. The van der Waals surface area contributed by atoms with Crippen LogP contribution in [0, 0.1) is 42.9 Å². The summed E-state index contributed by atoms with van der Waals surface area (Å²) in [4.78, 5) is 11.8. The number of benzene rings is 2. The van der Waals surface area contributed by atoms with Gasteiger partial charge in [-0.15, -0.1) is 0 Å². The van der Waals surface area contributed by atoms with E-state index in [1.54, 1.807) is 23.6 Å². The van der Waals surface area contributed by atoms with Crippen molar-refractivity contribution in [1.82, 2.24) is 5.43 Å². The smallest absolute Gasteiger partial charge is 0.242 e. The molecule has 0 saturated carbocycles. The maximum absolute atomic E-state index is 13.4. The molecule has 0 spiro atoms. The molecule has 1 amide bonds. The SMILES string of the molecule is Cc1ccc(CC(=O)NNc2c(F)c(F)c(F)c(F)c2F)cc1C. The molecule has 128 valence electrons. The van der Waals surface area contributed by atoms with Crippen LogP contribution in [0.5, 0.6) is 0 Å². The van der Waals surface area contributed by atoms with Crippen LogP contribution in [0.25, 0.3) is 0 Å². The molecular weight excluding hydrogens is 331 g/mol. The Kier molecular flexibility index (Phi) is 5.06. The van der Waals surface area contributed by atoms with Crippen molar-refractivity contribution >= 4 is 11.6 Å². The summed E-state index contributed by atoms with van der Waals surface area (Å²) in [7, 11) is 0. The van der Waals surface area contributed by atoms with Crippen molar-refractivity contribution in [3.63, 3.8) is 0 Å². The average molecular weight is 344 g/mol. The van der Waals surface area contributed by atoms with Gasteiger partial charge in [0.2, 0.25) is 11.7 Å². The van der Waals surface area contributed by atoms with Crippen molar-refractivity contribution in [2.75, 3.05) is 5.43 Å². The number of aryl methyl sites for hydroxylation is 2. The standard InChI is InChI=1S/C16H13F5N2O/c1-7-3-4-9(5-8(7)2)6-10(24)22-23-16-14(20)12(18)11(17)13(19)15(16)21/h3-5,23H,6H2,1-2H3,(H,22,24). The molecule has 0 aromatic heterocycles. The predicted octanol–water partition coefficient (Wildman–Crippen LogP) is 3.68. The van der Waals surface area contributed by atoms with Gasteiger partial charge >= 0.3 is 0 Å². The summed E-state index contributed by atoms with van der Waals surface area (Å²) >= 11 is 0. The zero-order chi connectivity index (χ0) is 18.0. The molecule has 2 aromatic carbocycles. The summed E-state index contributed by atoms with van der Waals surface area (Å²) in [6, 6.07) is 5.25. The number of halogens is 5. The van der Waals surface area contributed by atoms with Crippen LogP contribution in [-0.2, 0) is 11.2 Å². The van der Waals surface area contributed by atoms with E-state index >= 15 is 0 Å². The third-order valence-corrected chi connectivity index (χ3v) is 3.47. The molecule has 0 fully saturated rings. The van der Waals surface area contributed by atoms with E-state index in [0.717, 1.165) is 11.1 Å². The number of carbonyl (C=O) groups excluding carboxylic acids is 1. The molecule has 0 heterocycles. The largest absolute Gasteiger partial charge is 0.293 e. The second-order valence-electron chi connectivity index (χ2n) is 5.21. The molecule has 0 atom stereocenters. The van der Waals surface area contributed by atoms with Crippen LogP contribution in [0.15, 0.2) is 18.2 Å². The molecule has 0 aliphatic rings. The lowest BCUT2D eigenvalue weighted by atomic mass is 10.0. The lowest BCUT2D eigenvalue weighted by Gasteiger charge is -2.12. The predicted molar refractivity (Wildman–Crippen MR) is 77.6 cm³/mol. The van der Waals surface area contributed by atoms with E-state index < -0.39 is 40.7 Å². The lowest BCUT2D eigenvalue weighted by molar-refractivity contribution is -0.119. The minimum atomic E-state index is -2.27. The summed E-state index contributed by atoms with van der Waals surface area (Å²) < 4.78 is 65.9. The van der Waals surface area contributed by atoms with Crippen molar-refractivity contribution in [3.05, 3.63) is 64.0 Å². The molecule has 24 heavy (non-hydrogen) atoms. The van der Waals surface area contributed by atoms with Gasteiger partial charge in [-0.05, 0) is 30.5 Å². The zero-order valence-electron chi connectivity index (χ0n) is 12.7. The highest BCUT2D eigenvalue weighted by Crippen LogP contribution is 2.26. The summed E-state index contributed by atoms with van der Waals surface area (Å²) in [6.45, 7) is 3.74. The van der Waals surface area contributed by atoms with Gasteiger partial charge < -0.3 is 0 Å². The van der Waals surface area contributed by atoms with Crippen molar-refractivity contribution in [2.45, 2.75) is 20.3 Å². The van der Waals surface area contributed by atoms with Crippen LogP contribution >= 0.6 is 0 Å². The summed E-state index contributed by atoms with van der Waals surface area (Å²) in [5.74, 6) is -11.3. The third kappa shape index (κ3) is 3.47. The van der Waals surface area contributed by atoms with E-state index in [2.05, 4.69) is 0 Å². The molecule has 0 unspecified atom stereocenters. The highest BCUT2D eigenvalue weighted by Gasteiger charge is 2.26.